The molecule has 0 radical (unpaired) electrons. The van der Waals surface area contributed by atoms with Crippen LogP contribution in [0, 0.1) is 0 Å². The number of hydrogen-bond donors (Lipinski definition) is 1. The maximum Gasteiger partial charge on any atom is 0.243 e. The number of nitrogens with zero attached hydrogens (tertiary/aromatic N) is 1. The van der Waals surface area contributed by atoms with E-state index in [9.17, 15) is 13.2 Å². The van der Waals surface area contributed by atoms with Crippen LogP contribution in [0.4, 0.5) is 5.69 Å². The molecule has 0 aliphatic carbocycles. The largest absolute Gasteiger partial charge is 0.494 e. The first-order chi connectivity index (χ1) is 12.9. The van der Waals surface area contributed by atoms with Crippen molar-refractivity contribution in [2.24, 2.45) is 0 Å². The zero-order chi connectivity index (χ0) is 19.9. The number of carbonyl (C=O) groups is 1. The molecule has 0 atom stereocenters. The molecule has 2 aromatic carbocycles. The number of anilines is 1. The second kappa shape index (κ2) is 9.38. The molecule has 0 aromatic heterocycles. The summed E-state index contributed by atoms with van der Waals surface area (Å²) in [6.07, 6.45) is 0. The fourth-order valence-corrected chi connectivity index (χ4v) is 3.47. The number of sulfonamides is 1. The van der Waals surface area contributed by atoms with Gasteiger partial charge in [-0.3, -0.25) is 4.79 Å². The van der Waals surface area contributed by atoms with Crippen molar-refractivity contribution in [2.45, 2.75) is 18.7 Å². The van der Waals surface area contributed by atoms with Gasteiger partial charge in [-0.05, 0) is 62.4 Å². The predicted octanol–water partition coefficient (Wildman–Crippen LogP) is 2.74. The second-order valence-electron chi connectivity index (χ2n) is 5.67. The Labute approximate surface area is 160 Å². The monoisotopic (exact) mass is 392 g/mol. The van der Waals surface area contributed by atoms with Gasteiger partial charge in [0.1, 0.15) is 11.5 Å². The number of nitrogens with one attached hydrogen (secondary N) is 1. The van der Waals surface area contributed by atoms with Gasteiger partial charge in [0.25, 0.3) is 0 Å². The minimum absolute atomic E-state index is 0.0994. The van der Waals surface area contributed by atoms with Crippen LogP contribution >= 0.6 is 0 Å². The molecule has 0 aliphatic heterocycles. The lowest BCUT2D eigenvalue weighted by Crippen LogP contribution is -2.34. The van der Waals surface area contributed by atoms with E-state index in [1.807, 2.05) is 13.8 Å². The Morgan fingerprint density at radius 2 is 1.41 bits per heavy atom. The molecule has 1 amide bonds. The lowest BCUT2D eigenvalue weighted by Gasteiger charge is -2.17. The standard InChI is InChI=1S/C19H24N2O5S/c1-4-25-16-8-6-15(7-9-16)20-19(22)14-21(3)27(23,24)18-12-10-17(11-13-18)26-5-2/h6-13H,4-5,14H2,1-3H3,(H,20,22). The van der Waals surface area contributed by atoms with Gasteiger partial charge in [0.05, 0.1) is 24.7 Å². The van der Waals surface area contributed by atoms with Crippen LogP contribution in [-0.2, 0) is 14.8 Å². The molecule has 27 heavy (non-hydrogen) atoms. The van der Waals surface area contributed by atoms with Gasteiger partial charge in [0, 0.05) is 12.7 Å². The molecule has 7 nitrogen and oxygen atoms in total. The number of rotatable bonds is 9. The molecule has 146 valence electrons. The van der Waals surface area contributed by atoms with E-state index >= 15 is 0 Å². The van der Waals surface area contributed by atoms with Crippen LogP contribution in [0.2, 0.25) is 0 Å². The number of ether oxygens (including phenoxy) is 2. The van der Waals surface area contributed by atoms with Crippen molar-refractivity contribution in [3.63, 3.8) is 0 Å². The molecule has 8 heteroatoms. The molecule has 0 saturated heterocycles. The average molecular weight is 392 g/mol. The van der Waals surface area contributed by atoms with Crippen LogP contribution in [0.15, 0.2) is 53.4 Å². The van der Waals surface area contributed by atoms with E-state index in [0.29, 0.717) is 30.4 Å². The maximum atomic E-state index is 12.6. The van der Waals surface area contributed by atoms with Gasteiger partial charge in [0.2, 0.25) is 15.9 Å². The number of likely N-dealkylation sites (N-methyl/N-ethyl adjacent to an activating group) is 1. The fourth-order valence-electron chi connectivity index (χ4n) is 2.34. The Morgan fingerprint density at radius 1 is 0.926 bits per heavy atom. The van der Waals surface area contributed by atoms with Gasteiger partial charge in [-0.25, -0.2) is 8.42 Å². The highest BCUT2D eigenvalue weighted by Crippen LogP contribution is 2.19. The molecule has 0 unspecified atom stereocenters. The number of carbonyl (C=O) groups excluding carboxylic acids is 1. The molecular formula is C19H24N2O5S. The lowest BCUT2D eigenvalue weighted by atomic mass is 10.3. The van der Waals surface area contributed by atoms with Crippen LogP contribution in [0.1, 0.15) is 13.8 Å². The molecule has 0 aliphatic rings. The minimum atomic E-state index is -3.78. The van der Waals surface area contributed by atoms with E-state index in [2.05, 4.69) is 5.32 Å². The molecule has 2 rings (SSSR count). The van der Waals surface area contributed by atoms with Gasteiger partial charge in [-0.2, -0.15) is 4.31 Å². The third kappa shape index (κ3) is 5.70. The summed E-state index contributed by atoms with van der Waals surface area (Å²) in [6, 6.07) is 13.0. The Kier molecular flexibility index (Phi) is 7.20. The van der Waals surface area contributed by atoms with Crippen molar-refractivity contribution in [2.75, 3.05) is 32.1 Å². The first-order valence-electron chi connectivity index (χ1n) is 8.58. The highest BCUT2D eigenvalue weighted by molar-refractivity contribution is 7.89. The van der Waals surface area contributed by atoms with Crippen LogP contribution in [-0.4, -0.2) is 45.4 Å². The molecule has 0 saturated carbocycles. The van der Waals surface area contributed by atoms with Gasteiger partial charge in [-0.1, -0.05) is 0 Å². The van der Waals surface area contributed by atoms with Crippen LogP contribution < -0.4 is 14.8 Å². The van der Waals surface area contributed by atoms with E-state index in [1.165, 1.54) is 19.2 Å². The second-order valence-corrected chi connectivity index (χ2v) is 7.72. The summed E-state index contributed by atoms with van der Waals surface area (Å²) in [5.41, 5.74) is 0.565. The molecular weight excluding hydrogens is 368 g/mol. The first-order valence-corrected chi connectivity index (χ1v) is 10.0. The summed E-state index contributed by atoms with van der Waals surface area (Å²) in [5.74, 6) is 0.856. The molecule has 1 N–H and O–H groups in total. The van der Waals surface area contributed by atoms with E-state index in [4.69, 9.17) is 9.47 Å². The normalized spacial score (nSPS) is 11.3. The van der Waals surface area contributed by atoms with E-state index < -0.39 is 15.9 Å². The van der Waals surface area contributed by atoms with Crippen LogP contribution in [0.25, 0.3) is 0 Å². The van der Waals surface area contributed by atoms with Crippen molar-refractivity contribution in [1.29, 1.82) is 0 Å². The summed E-state index contributed by atoms with van der Waals surface area (Å²) in [6.45, 7) is 4.48. The predicted molar refractivity (Wildman–Crippen MR) is 104 cm³/mol. The maximum absolute atomic E-state index is 12.6. The Bertz CT molecular complexity index is 849. The van der Waals surface area contributed by atoms with Gasteiger partial charge in [-0.15, -0.1) is 0 Å². The summed E-state index contributed by atoms with van der Waals surface area (Å²) in [4.78, 5) is 12.3. The van der Waals surface area contributed by atoms with Crippen LogP contribution in [0.3, 0.4) is 0 Å². The Balaban J connectivity index is 1.99. The topological polar surface area (TPSA) is 84.9 Å². The summed E-state index contributed by atoms with van der Waals surface area (Å²) in [7, 11) is -2.41. The quantitative estimate of drug-likeness (QED) is 0.709. The van der Waals surface area contributed by atoms with E-state index in [-0.39, 0.29) is 11.4 Å². The lowest BCUT2D eigenvalue weighted by molar-refractivity contribution is -0.116. The number of benzene rings is 2. The smallest absolute Gasteiger partial charge is 0.243 e. The third-order valence-electron chi connectivity index (χ3n) is 3.66. The Hall–Kier alpha value is -2.58. The van der Waals surface area contributed by atoms with Gasteiger partial charge in [0.15, 0.2) is 0 Å². The molecule has 0 bridgehead atoms. The van der Waals surface area contributed by atoms with E-state index in [0.717, 1.165) is 4.31 Å². The number of amides is 1. The number of hydrogen-bond acceptors (Lipinski definition) is 5. The van der Waals surface area contributed by atoms with E-state index in [1.54, 1.807) is 36.4 Å². The zero-order valence-electron chi connectivity index (χ0n) is 15.6. The van der Waals surface area contributed by atoms with Crippen molar-refractivity contribution in [3.05, 3.63) is 48.5 Å². The molecule has 0 fully saturated rings. The summed E-state index contributed by atoms with van der Waals surface area (Å²) in [5, 5.41) is 2.67. The molecule has 0 spiro atoms. The summed E-state index contributed by atoms with van der Waals surface area (Å²) >= 11 is 0. The molecule has 2 aromatic rings. The minimum Gasteiger partial charge on any atom is -0.494 e. The van der Waals surface area contributed by atoms with Crippen LogP contribution in [0.5, 0.6) is 11.5 Å². The fraction of sp³-hybridized carbons (Fsp3) is 0.316. The Morgan fingerprint density at radius 3 is 1.89 bits per heavy atom. The zero-order valence-corrected chi connectivity index (χ0v) is 16.5. The van der Waals surface area contributed by atoms with Gasteiger partial charge >= 0.3 is 0 Å². The van der Waals surface area contributed by atoms with Crippen molar-refractivity contribution in [3.8, 4) is 11.5 Å². The molecule has 0 heterocycles. The average Bonchev–Trinajstić information content (AvgIpc) is 2.64. The highest BCUT2D eigenvalue weighted by Gasteiger charge is 2.23. The van der Waals surface area contributed by atoms with Crippen molar-refractivity contribution >= 4 is 21.6 Å². The third-order valence-corrected chi connectivity index (χ3v) is 5.48. The highest BCUT2D eigenvalue weighted by atomic mass is 32.2. The first kappa shape index (κ1) is 20.7. The van der Waals surface area contributed by atoms with Gasteiger partial charge < -0.3 is 14.8 Å². The van der Waals surface area contributed by atoms with Crippen molar-refractivity contribution < 1.29 is 22.7 Å². The SMILES string of the molecule is CCOc1ccc(NC(=O)CN(C)S(=O)(=O)c2ccc(OCC)cc2)cc1. The summed E-state index contributed by atoms with van der Waals surface area (Å²) < 4.78 is 36.8. The van der Waals surface area contributed by atoms with Crippen molar-refractivity contribution in [1.82, 2.24) is 4.31 Å².